The Labute approximate surface area is 166 Å². The summed E-state index contributed by atoms with van der Waals surface area (Å²) in [5, 5.41) is 7.11. The number of carbonyl (C=O) groups is 2. The number of benzene rings is 1. The highest BCUT2D eigenvalue weighted by Gasteiger charge is 2.16. The van der Waals surface area contributed by atoms with E-state index in [1.807, 2.05) is 32.0 Å². The van der Waals surface area contributed by atoms with Crippen LogP contribution >= 0.6 is 11.8 Å². The van der Waals surface area contributed by atoms with Gasteiger partial charge in [-0.15, -0.1) is 0 Å². The highest BCUT2D eigenvalue weighted by Crippen LogP contribution is 2.24. The van der Waals surface area contributed by atoms with Crippen molar-refractivity contribution in [3.8, 4) is 0 Å². The number of nitrogens with zero attached hydrogens (tertiary/aromatic N) is 2. The molecule has 0 saturated carbocycles. The molecule has 2 heterocycles. The van der Waals surface area contributed by atoms with Gasteiger partial charge >= 0.3 is 5.97 Å². The first-order valence-corrected chi connectivity index (χ1v) is 9.53. The van der Waals surface area contributed by atoms with E-state index in [9.17, 15) is 9.59 Å². The zero-order valence-corrected chi connectivity index (χ0v) is 16.3. The maximum Gasteiger partial charge on any atom is 0.341 e. The SMILES string of the molecule is Cc1ccc(NC(=O)COC(=O)c2cccnc2SCc2cc(C)on2)cc1. The first-order chi connectivity index (χ1) is 13.5. The number of carbonyl (C=O) groups excluding carboxylic acids is 2. The third kappa shape index (κ3) is 5.43. The number of nitrogens with one attached hydrogen (secondary N) is 1. The molecule has 28 heavy (non-hydrogen) atoms. The molecule has 7 nitrogen and oxygen atoms in total. The van der Waals surface area contributed by atoms with Gasteiger partial charge in [-0.25, -0.2) is 9.78 Å². The number of aryl methyl sites for hydroxylation is 2. The Balaban J connectivity index is 1.56. The quantitative estimate of drug-likeness (QED) is 0.479. The number of esters is 1. The van der Waals surface area contributed by atoms with E-state index in [4.69, 9.17) is 9.26 Å². The first kappa shape index (κ1) is 19.6. The van der Waals surface area contributed by atoms with Gasteiger partial charge in [0.1, 0.15) is 10.8 Å². The Morgan fingerprint density at radius 2 is 1.96 bits per heavy atom. The second-order valence-corrected chi connectivity index (χ2v) is 7.03. The number of thioether (sulfide) groups is 1. The lowest BCUT2D eigenvalue weighted by atomic mass is 10.2. The molecule has 1 aromatic carbocycles. The molecule has 144 valence electrons. The zero-order valence-electron chi connectivity index (χ0n) is 15.5. The molecule has 0 saturated heterocycles. The fraction of sp³-hybridized carbons (Fsp3) is 0.200. The Kier molecular flexibility index (Phi) is 6.44. The average Bonchev–Trinajstić information content (AvgIpc) is 3.12. The van der Waals surface area contributed by atoms with E-state index in [0.29, 0.717) is 22.0 Å². The van der Waals surface area contributed by atoms with Crippen LogP contribution in [0.4, 0.5) is 5.69 Å². The topological polar surface area (TPSA) is 94.3 Å². The molecule has 2 aromatic heterocycles. The summed E-state index contributed by atoms with van der Waals surface area (Å²) in [4.78, 5) is 28.6. The molecule has 1 N–H and O–H groups in total. The number of aromatic nitrogens is 2. The molecule has 0 aliphatic heterocycles. The smallest absolute Gasteiger partial charge is 0.341 e. The average molecular weight is 397 g/mol. The zero-order chi connectivity index (χ0) is 19.9. The van der Waals surface area contributed by atoms with E-state index >= 15 is 0 Å². The van der Waals surface area contributed by atoms with E-state index in [1.165, 1.54) is 11.8 Å². The van der Waals surface area contributed by atoms with Crippen LogP contribution in [0.25, 0.3) is 0 Å². The number of hydrogen-bond donors (Lipinski definition) is 1. The van der Waals surface area contributed by atoms with Crippen LogP contribution in [0.5, 0.6) is 0 Å². The standard InChI is InChI=1S/C20H19N3O4S/c1-13-5-7-15(8-6-13)22-18(24)11-26-20(25)17-4-3-9-21-19(17)28-12-16-10-14(2)27-23-16/h3-10H,11-12H2,1-2H3,(H,22,24). The van der Waals surface area contributed by atoms with Crippen molar-refractivity contribution >= 4 is 29.3 Å². The Morgan fingerprint density at radius 1 is 1.18 bits per heavy atom. The van der Waals surface area contributed by atoms with Crippen molar-refractivity contribution < 1.29 is 18.8 Å². The molecule has 0 aliphatic carbocycles. The third-order valence-electron chi connectivity index (χ3n) is 3.69. The molecule has 0 aliphatic rings. The summed E-state index contributed by atoms with van der Waals surface area (Å²) < 4.78 is 10.2. The summed E-state index contributed by atoms with van der Waals surface area (Å²) in [6, 6.07) is 12.4. The van der Waals surface area contributed by atoms with Gasteiger partial charge in [-0.3, -0.25) is 4.79 Å². The maximum absolute atomic E-state index is 12.4. The third-order valence-corrected chi connectivity index (χ3v) is 4.73. The van der Waals surface area contributed by atoms with Crippen LogP contribution in [0, 0.1) is 13.8 Å². The van der Waals surface area contributed by atoms with Crippen molar-refractivity contribution in [2.45, 2.75) is 24.6 Å². The number of ether oxygens (including phenoxy) is 1. The van der Waals surface area contributed by atoms with Gasteiger partial charge in [-0.1, -0.05) is 34.6 Å². The molecule has 0 spiro atoms. The number of hydrogen-bond acceptors (Lipinski definition) is 7. The highest BCUT2D eigenvalue weighted by molar-refractivity contribution is 7.98. The monoisotopic (exact) mass is 397 g/mol. The van der Waals surface area contributed by atoms with Gasteiger partial charge in [0, 0.05) is 23.7 Å². The van der Waals surface area contributed by atoms with Crippen LogP contribution in [0.15, 0.2) is 58.2 Å². The summed E-state index contributed by atoms with van der Waals surface area (Å²) in [5.41, 5.74) is 2.79. The van der Waals surface area contributed by atoms with Crippen LogP contribution in [-0.2, 0) is 15.3 Å². The molecule has 0 unspecified atom stereocenters. The van der Waals surface area contributed by atoms with Crippen molar-refractivity contribution in [3.63, 3.8) is 0 Å². The second-order valence-electron chi connectivity index (χ2n) is 6.06. The molecular formula is C20H19N3O4S. The number of amides is 1. The summed E-state index contributed by atoms with van der Waals surface area (Å²) in [6.45, 7) is 3.39. The van der Waals surface area contributed by atoms with Crippen molar-refractivity contribution in [2.24, 2.45) is 0 Å². The number of rotatable bonds is 7. The number of pyridine rings is 1. The molecule has 0 radical (unpaired) electrons. The van der Waals surface area contributed by atoms with Crippen molar-refractivity contribution in [1.82, 2.24) is 10.1 Å². The van der Waals surface area contributed by atoms with Gasteiger partial charge in [-0.2, -0.15) is 0 Å². The Hall–Kier alpha value is -3.13. The van der Waals surface area contributed by atoms with Crippen molar-refractivity contribution in [3.05, 3.63) is 71.2 Å². The predicted octanol–water partition coefficient (Wildman–Crippen LogP) is 3.77. The van der Waals surface area contributed by atoms with E-state index in [2.05, 4.69) is 15.5 Å². The number of anilines is 1. The van der Waals surface area contributed by atoms with Crippen molar-refractivity contribution in [2.75, 3.05) is 11.9 Å². The molecule has 8 heteroatoms. The Bertz CT molecular complexity index is 970. The molecule has 0 bridgehead atoms. The summed E-state index contributed by atoms with van der Waals surface area (Å²) in [7, 11) is 0. The lowest BCUT2D eigenvalue weighted by Gasteiger charge is -2.09. The molecular weight excluding hydrogens is 378 g/mol. The molecule has 0 atom stereocenters. The van der Waals surface area contributed by atoms with Crippen molar-refractivity contribution in [1.29, 1.82) is 0 Å². The van der Waals surface area contributed by atoms with Crippen LogP contribution in [0.2, 0.25) is 0 Å². The minimum absolute atomic E-state index is 0.302. The van der Waals surface area contributed by atoms with Gasteiger partial charge in [-0.05, 0) is 38.1 Å². The molecule has 3 aromatic rings. The largest absolute Gasteiger partial charge is 0.452 e. The second kappa shape index (κ2) is 9.18. The normalized spacial score (nSPS) is 10.5. The lowest BCUT2D eigenvalue weighted by molar-refractivity contribution is -0.119. The highest BCUT2D eigenvalue weighted by atomic mass is 32.2. The fourth-order valence-electron chi connectivity index (χ4n) is 2.33. The van der Waals surface area contributed by atoms with E-state index in [-0.39, 0.29) is 6.61 Å². The minimum atomic E-state index is -0.606. The van der Waals surface area contributed by atoms with Gasteiger partial charge in [0.15, 0.2) is 6.61 Å². The van der Waals surface area contributed by atoms with E-state index in [1.54, 1.807) is 30.5 Å². The van der Waals surface area contributed by atoms with Gasteiger partial charge < -0.3 is 14.6 Å². The Morgan fingerprint density at radius 3 is 2.68 bits per heavy atom. The van der Waals surface area contributed by atoms with Crippen LogP contribution < -0.4 is 5.32 Å². The van der Waals surface area contributed by atoms with Crippen LogP contribution in [0.1, 0.15) is 27.4 Å². The predicted molar refractivity (Wildman–Crippen MR) is 105 cm³/mol. The summed E-state index contributed by atoms with van der Waals surface area (Å²) in [6.07, 6.45) is 1.59. The summed E-state index contributed by atoms with van der Waals surface area (Å²) >= 11 is 1.35. The van der Waals surface area contributed by atoms with Gasteiger partial charge in [0.25, 0.3) is 5.91 Å². The van der Waals surface area contributed by atoms with Crippen LogP contribution in [-0.4, -0.2) is 28.6 Å². The van der Waals surface area contributed by atoms with E-state index in [0.717, 1.165) is 17.0 Å². The minimum Gasteiger partial charge on any atom is -0.452 e. The van der Waals surface area contributed by atoms with Gasteiger partial charge in [0.05, 0.1) is 11.3 Å². The lowest BCUT2D eigenvalue weighted by Crippen LogP contribution is -2.21. The molecule has 1 amide bonds. The maximum atomic E-state index is 12.4. The summed E-state index contributed by atoms with van der Waals surface area (Å²) in [5.74, 6) is 0.206. The van der Waals surface area contributed by atoms with E-state index < -0.39 is 11.9 Å². The molecule has 3 rings (SSSR count). The first-order valence-electron chi connectivity index (χ1n) is 8.55. The van der Waals surface area contributed by atoms with Crippen LogP contribution in [0.3, 0.4) is 0 Å². The van der Waals surface area contributed by atoms with Gasteiger partial charge in [0.2, 0.25) is 0 Å². The molecule has 0 fully saturated rings. The fourth-order valence-corrected chi connectivity index (χ4v) is 3.20.